The van der Waals surface area contributed by atoms with Crippen LogP contribution in [0.1, 0.15) is 32.6 Å². The maximum atomic E-state index is 3.23. The third-order valence-corrected chi connectivity index (χ3v) is 1.60. The number of rotatable bonds is 3. The first-order valence-electron chi connectivity index (χ1n) is 3.69. The topological polar surface area (TPSA) is 0 Å². The summed E-state index contributed by atoms with van der Waals surface area (Å²) in [6.45, 7) is 2.23. The fraction of sp³-hybridized carbons (Fsp3) is 0.556. The van der Waals surface area contributed by atoms with Crippen molar-refractivity contribution in [3.8, 4) is 0 Å². The van der Waals surface area contributed by atoms with Crippen LogP contribution in [0.3, 0.4) is 0 Å². The summed E-state index contributed by atoms with van der Waals surface area (Å²) in [7, 11) is 0. The van der Waals surface area contributed by atoms with Gasteiger partial charge in [0.15, 0.2) is 0 Å². The molecule has 0 nitrogen and oxygen atoms in total. The van der Waals surface area contributed by atoms with E-state index in [-0.39, 0.29) is 18.9 Å². The molecule has 0 unspecified atom stereocenters. The van der Waals surface area contributed by atoms with E-state index >= 15 is 0 Å². The third kappa shape index (κ3) is 3.30. The molecular weight excluding hydrogens is 115 g/mol. The molecule has 0 spiro atoms. The number of unbranched alkanes of at least 4 members (excludes halogenated alkanes) is 1. The van der Waals surface area contributed by atoms with E-state index < -0.39 is 0 Å². The van der Waals surface area contributed by atoms with Crippen molar-refractivity contribution >= 4 is 0 Å². The number of allylic oxidation sites excluding steroid dienone is 4. The third-order valence-electron chi connectivity index (χ3n) is 1.60. The molecule has 0 aromatic carbocycles. The summed E-state index contributed by atoms with van der Waals surface area (Å²) in [5.41, 5.74) is 1.48. The molecule has 0 saturated carbocycles. The first-order chi connectivity index (χ1) is 4.43. The minimum atomic E-state index is 0. The normalized spacial score (nSPS) is 14.7. The van der Waals surface area contributed by atoms with E-state index in [1.807, 2.05) is 6.08 Å². The molecule has 0 saturated heterocycles. The summed E-state index contributed by atoms with van der Waals surface area (Å²) < 4.78 is 0. The summed E-state index contributed by atoms with van der Waals surface area (Å²) in [6.07, 6.45) is 12.5. The fourth-order valence-electron chi connectivity index (χ4n) is 1.00. The van der Waals surface area contributed by atoms with Crippen molar-refractivity contribution in [2.75, 3.05) is 0 Å². The van der Waals surface area contributed by atoms with Gasteiger partial charge in [-0.2, -0.15) is 5.57 Å². The van der Waals surface area contributed by atoms with Gasteiger partial charge in [-0.15, -0.1) is 0 Å². The van der Waals surface area contributed by atoms with E-state index in [0.29, 0.717) is 0 Å². The van der Waals surface area contributed by atoms with E-state index in [4.69, 9.17) is 0 Å². The zero-order valence-corrected chi connectivity index (χ0v) is 6.98. The predicted octanol–water partition coefficient (Wildman–Crippen LogP) is -0.130. The van der Waals surface area contributed by atoms with Crippen molar-refractivity contribution in [1.82, 2.24) is 0 Å². The van der Waals surface area contributed by atoms with Crippen LogP contribution < -0.4 is 18.9 Å². The van der Waals surface area contributed by atoms with Crippen molar-refractivity contribution in [2.45, 2.75) is 32.6 Å². The van der Waals surface area contributed by atoms with E-state index in [1.54, 1.807) is 0 Å². The molecule has 1 aliphatic rings. The Labute approximate surface area is 75.6 Å². The maximum Gasteiger partial charge on any atom is 1.00 e. The second kappa shape index (κ2) is 5.83. The van der Waals surface area contributed by atoms with Gasteiger partial charge >= 0.3 is 18.9 Å². The second-order valence-electron chi connectivity index (χ2n) is 2.46. The molecule has 0 N–H and O–H groups in total. The van der Waals surface area contributed by atoms with Gasteiger partial charge in [0.05, 0.1) is 0 Å². The van der Waals surface area contributed by atoms with Crippen molar-refractivity contribution in [3.05, 3.63) is 23.8 Å². The van der Waals surface area contributed by atoms with Crippen LogP contribution in [-0.4, -0.2) is 0 Å². The quantitative estimate of drug-likeness (QED) is 0.367. The minimum Gasteiger partial charge on any atom is -0.253 e. The van der Waals surface area contributed by atoms with E-state index in [9.17, 15) is 0 Å². The number of hydrogen-bond acceptors (Lipinski definition) is 0. The van der Waals surface area contributed by atoms with E-state index in [2.05, 4.69) is 19.1 Å². The van der Waals surface area contributed by atoms with Gasteiger partial charge in [0.2, 0.25) is 0 Å². The largest absolute Gasteiger partial charge is 1.00 e. The second-order valence-corrected chi connectivity index (χ2v) is 2.46. The van der Waals surface area contributed by atoms with Crippen LogP contribution >= 0.6 is 0 Å². The molecule has 0 aromatic heterocycles. The van der Waals surface area contributed by atoms with E-state index in [1.165, 1.54) is 24.8 Å². The smallest absolute Gasteiger partial charge is 0.253 e. The molecule has 0 heterocycles. The van der Waals surface area contributed by atoms with Crippen molar-refractivity contribution in [3.63, 3.8) is 0 Å². The molecule has 0 radical (unpaired) electrons. The van der Waals surface area contributed by atoms with Gasteiger partial charge in [0.1, 0.15) is 0 Å². The van der Waals surface area contributed by atoms with Crippen LogP contribution in [0.25, 0.3) is 0 Å². The molecule has 10 heavy (non-hydrogen) atoms. The molecule has 0 bridgehead atoms. The Bertz CT molecular complexity index is 134. The SMILES string of the molecule is CCCCC1=[C-]C=CC1.[Li+]. The van der Waals surface area contributed by atoms with E-state index in [0.717, 1.165) is 6.42 Å². The van der Waals surface area contributed by atoms with Gasteiger partial charge in [-0.25, -0.2) is 12.2 Å². The summed E-state index contributed by atoms with van der Waals surface area (Å²) in [5.74, 6) is 0. The summed E-state index contributed by atoms with van der Waals surface area (Å²) in [5, 5.41) is 0. The molecule has 0 atom stereocenters. The zero-order chi connectivity index (χ0) is 6.53. The Hall–Kier alpha value is 0.0774. The molecule has 1 heteroatoms. The van der Waals surface area contributed by atoms with Crippen molar-refractivity contribution < 1.29 is 18.9 Å². The summed E-state index contributed by atoms with van der Waals surface area (Å²) in [6, 6.07) is 0. The molecule has 50 valence electrons. The molecule has 0 fully saturated rings. The summed E-state index contributed by atoms with van der Waals surface area (Å²) >= 11 is 0. The minimum absolute atomic E-state index is 0. The van der Waals surface area contributed by atoms with Crippen LogP contribution in [0, 0.1) is 6.08 Å². The molecule has 1 aliphatic carbocycles. The first kappa shape index (κ1) is 10.1. The Morgan fingerprint density at radius 2 is 2.40 bits per heavy atom. The first-order valence-corrected chi connectivity index (χ1v) is 3.69. The van der Waals surface area contributed by atoms with Gasteiger partial charge in [0, 0.05) is 0 Å². The van der Waals surface area contributed by atoms with Crippen molar-refractivity contribution in [2.24, 2.45) is 0 Å². The van der Waals surface area contributed by atoms with Crippen LogP contribution in [0.5, 0.6) is 0 Å². The van der Waals surface area contributed by atoms with Crippen LogP contribution in [0.4, 0.5) is 0 Å². The Morgan fingerprint density at radius 1 is 1.60 bits per heavy atom. The van der Waals surface area contributed by atoms with Gasteiger partial charge < -0.3 is 0 Å². The van der Waals surface area contributed by atoms with Gasteiger partial charge in [-0.3, -0.25) is 6.08 Å². The van der Waals surface area contributed by atoms with Crippen LogP contribution in [0.15, 0.2) is 17.7 Å². The molecule has 0 aromatic rings. The number of hydrogen-bond donors (Lipinski definition) is 0. The van der Waals surface area contributed by atoms with Gasteiger partial charge in [-0.05, 0) is 0 Å². The van der Waals surface area contributed by atoms with Crippen molar-refractivity contribution in [1.29, 1.82) is 0 Å². The van der Waals surface area contributed by atoms with Gasteiger partial charge in [-0.1, -0.05) is 32.6 Å². The fourth-order valence-corrected chi connectivity index (χ4v) is 1.00. The predicted molar refractivity (Wildman–Crippen MR) is 40.0 cm³/mol. The van der Waals surface area contributed by atoms with Crippen LogP contribution in [-0.2, 0) is 0 Å². The average molecular weight is 128 g/mol. The average Bonchev–Trinajstić information content (AvgIpc) is 2.34. The molecular formula is C9H13Li. The summed E-state index contributed by atoms with van der Waals surface area (Å²) in [4.78, 5) is 0. The van der Waals surface area contributed by atoms with Crippen LogP contribution in [0.2, 0.25) is 0 Å². The zero-order valence-electron chi connectivity index (χ0n) is 6.98. The molecule has 1 rings (SSSR count). The Morgan fingerprint density at radius 3 is 2.90 bits per heavy atom. The van der Waals surface area contributed by atoms with Gasteiger partial charge in [0.25, 0.3) is 0 Å². The standard InChI is InChI=1S/C9H13.Li/c1-2-3-6-9-7-4-5-8-9;/h4-5H,2-3,6-7H2,1H3;/q-1;+1. The maximum absolute atomic E-state index is 3.23. The molecule has 0 amide bonds. The Kier molecular flexibility index (Phi) is 5.88. The monoisotopic (exact) mass is 128 g/mol. The Balaban J connectivity index is 0.000000810. The molecule has 0 aliphatic heterocycles.